The lowest BCUT2D eigenvalue weighted by atomic mass is 10.1. The van der Waals surface area contributed by atoms with Crippen LogP contribution in [0.4, 0.5) is 0 Å². The van der Waals surface area contributed by atoms with Crippen molar-refractivity contribution >= 4 is 0 Å². The van der Waals surface area contributed by atoms with E-state index in [1.165, 1.54) is 16.7 Å². The highest BCUT2D eigenvalue weighted by Gasteiger charge is 2.12. The minimum atomic E-state index is 0.523. The minimum Gasteiger partial charge on any atom is -0.493 e. The molecule has 1 atom stereocenters. The summed E-state index contributed by atoms with van der Waals surface area (Å²) in [6.45, 7) is 4.03. The topological polar surface area (TPSA) is 21.3 Å². The summed E-state index contributed by atoms with van der Waals surface area (Å²) in [6.07, 6.45) is 3.35. The van der Waals surface area contributed by atoms with Crippen molar-refractivity contribution in [3.05, 3.63) is 65.2 Å². The van der Waals surface area contributed by atoms with Gasteiger partial charge in [0.2, 0.25) is 0 Å². The van der Waals surface area contributed by atoms with Crippen LogP contribution >= 0.6 is 0 Å². The van der Waals surface area contributed by atoms with E-state index < -0.39 is 0 Å². The van der Waals surface area contributed by atoms with E-state index in [0.717, 1.165) is 38.2 Å². The van der Waals surface area contributed by atoms with Gasteiger partial charge in [-0.1, -0.05) is 42.5 Å². The van der Waals surface area contributed by atoms with E-state index >= 15 is 0 Å². The van der Waals surface area contributed by atoms with E-state index in [9.17, 15) is 0 Å². The third-order valence-corrected chi connectivity index (χ3v) is 4.12. The monoisotopic (exact) mass is 281 g/mol. The van der Waals surface area contributed by atoms with E-state index in [1.807, 2.05) is 0 Å². The maximum Gasteiger partial charge on any atom is 0.122 e. The third-order valence-electron chi connectivity index (χ3n) is 4.12. The molecule has 21 heavy (non-hydrogen) atoms. The maximum absolute atomic E-state index is 5.55. The Labute approximate surface area is 127 Å². The summed E-state index contributed by atoms with van der Waals surface area (Å²) in [5, 5.41) is 3.62. The van der Waals surface area contributed by atoms with Crippen molar-refractivity contribution < 1.29 is 4.74 Å². The number of fused-ring (bicyclic) bond motifs is 1. The van der Waals surface area contributed by atoms with Gasteiger partial charge in [-0.25, -0.2) is 0 Å². The predicted octanol–water partition coefficient (Wildman–Crippen LogP) is 3.73. The van der Waals surface area contributed by atoms with E-state index in [1.54, 1.807) is 0 Å². The second-order valence-corrected chi connectivity index (χ2v) is 5.85. The molecule has 2 nitrogen and oxygen atoms in total. The Balaban J connectivity index is 1.46. The Bertz CT molecular complexity index is 579. The Morgan fingerprint density at radius 3 is 2.81 bits per heavy atom. The van der Waals surface area contributed by atoms with Crippen LogP contribution in [-0.2, 0) is 19.4 Å². The largest absolute Gasteiger partial charge is 0.493 e. The highest BCUT2D eigenvalue weighted by molar-refractivity contribution is 5.39. The third kappa shape index (κ3) is 3.85. The molecule has 3 rings (SSSR count). The van der Waals surface area contributed by atoms with Crippen LogP contribution in [0.3, 0.4) is 0 Å². The molecule has 2 heteroatoms. The Kier molecular flexibility index (Phi) is 4.56. The molecule has 110 valence electrons. The van der Waals surface area contributed by atoms with Gasteiger partial charge in [0.05, 0.1) is 6.61 Å². The minimum absolute atomic E-state index is 0.523. The number of hydrogen-bond donors (Lipinski definition) is 1. The van der Waals surface area contributed by atoms with Crippen LogP contribution in [0.25, 0.3) is 0 Å². The number of nitrogens with one attached hydrogen (secondary N) is 1. The molecule has 1 aliphatic rings. The molecular formula is C19H23NO. The first-order valence-electron chi connectivity index (χ1n) is 7.83. The standard InChI is InChI=1S/C19H23NO/c1-15(7-8-16-5-3-2-4-6-16)20-14-17-9-10-19-18(13-17)11-12-21-19/h2-6,9-10,13,15,20H,7-8,11-12,14H2,1H3. The molecule has 0 aromatic heterocycles. The zero-order valence-corrected chi connectivity index (χ0v) is 12.6. The zero-order chi connectivity index (χ0) is 14.5. The molecular weight excluding hydrogens is 258 g/mol. The van der Waals surface area contributed by atoms with Gasteiger partial charge in [-0.3, -0.25) is 0 Å². The number of rotatable bonds is 6. The quantitative estimate of drug-likeness (QED) is 0.871. The van der Waals surface area contributed by atoms with Gasteiger partial charge in [0.1, 0.15) is 5.75 Å². The molecule has 2 aromatic carbocycles. The van der Waals surface area contributed by atoms with Gasteiger partial charge in [0.25, 0.3) is 0 Å². The molecule has 2 aromatic rings. The predicted molar refractivity (Wildman–Crippen MR) is 86.7 cm³/mol. The lowest BCUT2D eigenvalue weighted by molar-refractivity contribution is 0.357. The first-order valence-corrected chi connectivity index (χ1v) is 7.83. The summed E-state index contributed by atoms with van der Waals surface area (Å²) >= 11 is 0. The second kappa shape index (κ2) is 6.77. The van der Waals surface area contributed by atoms with Gasteiger partial charge in [-0.05, 0) is 42.5 Å². The van der Waals surface area contributed by atoms with Crippen LogP contribution in [0.2, 0.25) is 0 Å². The second-order valence-electron chi connectivity index (χ2n) is 5.85. The molecule has 1 aliphatic heterocycles. The fraction of sp³-hybridized carbons (Fsp3) is 0.368. The molecule has 0 radical (unpaired) electrons. The van der Waals surface area contributed by atoms with Crippen molar-refractivity contribution in [1.29, 1.82) is 0 Å². The molecule has 1 heterocycles. The SMILES string of the molecule is CC(CCc1ccccc1)NCc1ccc2c(c1)CCO2. The average molecular weight is 281 g/mol. The van der Waals surface area contributed by atoms with E-state index in [0.29, 0.717) is 6.04 Å². The van der Waals surface area contributed by atoms with E-state index in [4.69, 9.17) is 4.74 Å². The molecule has 0 saturated heterocycles. The van der Waals surface area contributed by atoms with Crippen molar-refractivity contribution in [2.24, 2.45) is 0 Å². The number of aryl methyl sites for hydroxylation is 1. The van der Waals surface area contributed by atoms with E-state index in [2.05, 4.69) is 60.8 Å². The fourth-order valence-corrected chi connectivity index (χ4v) is 2.77. The molecule has 0 spiro atoms. The highest BCUT2D eigenvalue weighted by Crippen LogP contribution is 2.25. The zero-order valence-electron chi connectivity index (χ0n) is 12.6. The summed E-state index contributed by atoms with van der Waals surface area (Å²) in [4.78, 5) is 0. The van der Waals surface area contributed by atoms with Crippen LogP contribution in [-0.4, -0.2) is 12.6 Å². The van der Waals surface area contributed by atoms with Crippen molar-refractivity contribution in [2.75, 3.05) is 6.61 Å². The Hall–Kier alpha value is -1.80. The van der Waals surface area contributed by atoms with Crippen LogP contribution < -0.4 is 10.1 Å². The van der Waals surface area contributed by atoms with Crippen molar-refractivity contribution in [1.82, 2.24) is 5.32 Å². The van der Waals surface area contributed by atoms with Crippen LogP contribution in [0.1, 0.15) is 30.0 Å². The Morgan fingerprint density at radius 1 is 1.10 bits per heavy atom. The molecule has 0 fully saturated rings. The Morgan fingerprint density at radius 2 is 1.95 bits per heavy atom. The molecule has 1 N–H and O–H groups in total. The number of hydrogen-bond acceptors (Lipinski definition) is 2. The summed E-state index contributed by atoms with van der Waals surface area (Å²) in [6, 6.07) is 17.8. The van der Waals surface area contributed by atoms with Crippen molar-refractivity contribution in [3.8, 4) is 5.75 Å². The summed E-state index contributed by atoms with van der Waals surface area (Å²) in [7, 11) is 0. The van der Waals surface area contributed by atoms with Crippen LogP contribution in [0.5, 0.6) is 5.75 Å². The molecule has 1 unspecified atom stereocenters. The summed E-state index contributed by atoms with van der Waals surface area (Å²) in [5.41, 5.74) is 4.12. The van der Waals surface area contributed by atoms with Crippen LogP contribution in [0, 0.1) is 0 Å². The smallest absolute Gasteiger partial charge is 0.122 e. The first-order chi connectivity index (χ1) is 10.3. The molecule has 0 bridgehead atoms. The van der Waals surface area contributed by atoms with Gasteiger partial charge in [-0.15, -0.1) is 0 Å². The fourth-order valence-electron chi connectivity index (χ4n) is 2.77. The number of ether oxygens (including phenoxy) is 1. The average Bonchev–Trinajstić information content (AvgIpc) is 2.99. The normalized spacial score (nSPS) is 14.5. The van der Waals surface area contributed by atoms with Crippen molar-refractivity contribution in [3.63, 3.8) is 0 Å². The van der Waals surface area contributed by atoms with E-state index in [-0.39, 0.29) is 0 Å². The van der Waals surface area contributed by atoms with Gasteiger partial charge in [0, 0.05) is 19.0 Å². The number of benzene rings is 2. The molecule has 0 aliphatic carbocycles. The highest BCUT2D eigenvalue weighted by atomic mass is 16.5. The molecule has 0 saturated carbocycles. The maximum atomic E-state index is 5.55. The summed E-state index contributed by atoms with van der Waals surface area (Å²) < 4.78 is 5.55. The lowest BCUT2D eigenvalue weighted by Gasteiger charge is -2.14. The van der Waals surface area contributed by atoms with Gasteiger partial charge in [0.15, 0.2) is 0 Å². The van der Waals surface area contributed by atoms with Gasteiger partial charge >= 0.3 is 0 Å². The van der Waals surface area contributed by atoms with Gasteiger partial charge < -0.3 is 10.1 Å². The van der Waals surface area contributed by atoms with Crippen molar-refractivity contribution in [2.45, 2.75) is 38.8 Å². The van der Waals surface area contributed by atoms with Crippen LogP contribution in [0.15, 0.2) is 48.5 Å². The van der Waals surface area contributed by atoms with Gasteiger partial charge in [-0.2, -0.15) is 0 Å². The lowest BCUT2D eigenvalue weighted by Crippen LogP contribution is -2.26. The first kappa shape index (κ1) is 14.2. The molecule has 0 amide bonds. The summed E-state index contributed by atoms with van der Waals surface area (Å²) in [5.74, 6) is 1.07.